The molecule has 5 heteroatoms. The van der Waals surface area contributed by atoms with Gasteiger partial charge in [0.05, 0.1) is 11.4 Å². The van der Waals surface area contributed by atoms with Crippen molar-refractivity contribution in [3.8, 4) is 5.75 Å². The summed E-state index contributed by atoms with van der Waals surface area (Å²) in [4.78, 5) is 24.0. The molecular formula is C20H24N2O3. The number of ether oxygens (including phenoxy) is 1. The van der Waals surface area contributed by atoms with E-state index in [-0.39, 0.29) is 18.4 Å². The third-order valence-corrected chi connectivity index (χ3v) is 3.87. The van der Waals surface area contributed by atoms with Crippen LogP contribution in [0.2, 0.25) is 0 Å². The molecule has 0 heterocycles. The van der Waals surface area contributed by atoms with E-state index in [4.69, 9.17) is 4.74 Å². The van der Waals surface area contributed by atoms with E-state index < -0.39 is 0 Å². The van der Waals surface area contributed by atoms with Gasteiger partial charge in [0.15, 0.2) is 6.61 Å². The van der Waals surface area contributed by atoms with Crippen LogP contribution in [-0.4, -0.2) is 18.4 Å². The quantitative estimate of drug-likeness (QED) is 0.799. The topological polar surface area (TPSA) is 67.4 Å². The van der Waals surface area contributed by atoms with Crippen LogP contribution in [0.15, 0.2) is 42.5 Å². The first kappa shape index (κ1) is 18.5. The summed E-state index contributed by atoms with van der Waals surface area (Å²) in [6.45, 7) is 5.80. The Labute approximate surface area is 148 Å². The third kappa shape index (κ3) is 5.35. The number of benzene rings is 2. The van der Waals surface area contributed by atoms with Gasteiger partial charge < -0.3 is 15.4 Å². The summed E-state index contributed by atoms with van der Waals surface area (Å²) in [6, 6.07) is 12.9. The molecule has 0 aliphatic carbocycles. The largest absolute Gasteiger partial charge is 0.483 e. The third-order valence-electron chi connectivity index (χ3n) is 3.87. The second-order valence-corrected chi connectivity index (χ2v) is 5.88. The van der Waals surface area contributed by atoms with Crippen molar-refractivity contribution >= 4 is 23.2 Å². The van der Waals surface area contributed by atoms with Gasteiger partial charge in [-0.2, -0.15) is 0 Å². The van der Waals surface area contributed by atoms with E-state index in [1.807, 2.05) is 45.0 Å². The lowest BCUT2D eigenvalue weighted by molar-refractivity contribution is -0.118. The van der Waals surface area contributed by atoms with Crippen molar-refractivity contribution in [2.75, 3.05) is 17.2 Å². The number of rotatable bonds is 7. The van der Waals surface area contributed by atoms with Crippen LogP contribution in [-0.2, 0) is 9.59 Å². The maximum absolute atomic E-state index is 12.2. The zero-order valence-corrected chi connectivity index (χ0v) is 14.9. The molecule has 0 saturated heterocycles. The fraction of sp³-hybridized carbons (Fsp3) is 0.300. The van der Waals surface area contributed by atoms with Gasteiger partial charge in [0.1, 0.15) is 5.75 Å². The highest BCUT2D eigenvalue weighted by Crippen LogP contribution is 2.22. The van der Waals surface area contributed by atoms with Crippen molar-refractivity contribution < 1.29 is 14.3 Å². The Morgan fingerprint density at radius 3 is 2.20 bits per heavy atom. The van der Waals surface area contributed by atoms with Crippen molar-refractivity contribution in [3.05, 3.63) is 53.6 Å². The smallest absolute Gasteiger partial charge is 0.262 e. The van der Waals surface area contributed by atoms with E-state index in [2.05, 4.69) is 10.6 Å². The number of para-hydroxylation sites is 2. The highest BCUT2D eigenvalue weighted by Gasteiger charge is 2.10. The molecule has 132 valence electrons. The predicted molar refractivity (Wildman–Crippen MR) is 100 cm³/mol. The average Bonchev–Trinajstić information content (AvgIpc) is 2.58. The summed E-state index contributed by atoms with van der Waals surface area (Å²) in [5.74, 6) is 0.341. The maximum Gasteiger partial charge on any atom is 0.262 e. The standard InChI is InChI=1S/C20H24N2O3/c1-4-8-19(23)21-16-10-5-6-11-17(16)22-20(24)13-25-18-12-7-9-14(2)15(18)3/h5-7,9-12H,4,8,13H2,1-3H3,(H,21,23)(H,22,24). The molecule has 0 aliphatic rings. The number of amides is 2. The molecule has 0 aromatic heterocycles. The maximum atomic E-state index is 12.2. The normalized spacial score (nSPS) is 10.2. The van der Waals surface area contributed by atoms with E-state index in [1.165, 1.54) is 0 Å². The molecule has 2 amide bonds. The summed E-state index contributed by atoms with van der Waals surface area (Å²) in [5, 5.41) is 5.60. The molecule has 2 aromatic carbocycles. The van der Waals surface area contributed by atoms with Crippen molar-refractivity contribution in [2.45, 2.75) is 33.6 Å². The lowest BCUT2D eigenvalue weighted by Gasteiger charge is -2.13. The van der Waals surface area contributed by atoms with Gasteiger partial charge >= 0.3 is 0 Å². The number of carbonyl (C=O) groups is 2. The zero-order chi connectivity index (χ0) is 18.2. The minimum atomic E-state index is -0.280. The van der Waals surface area contributed by atoms with Crippen molar-refractivity contribution in [1.82, 2.24) is 0 Å². The molecular weight excluding hydrogens is 316 g/mol. The minimum absolute atomic E-state index is 0.0733. The van der Waals surface area contributed by atoms with Gasteiger partial charge in [-0.3, -0.25) is 9.59 Å². The lowest BCUT2D eigenvalue weighted by Crippen LogP contribution is -2.22. The SMILES string of the molecule is CCCC(=O)Nc1ccccc1NC(=O)COc1cccc(C)c1C. The molecule has 0 radical (unpaired) electrons. The molecule has 25 heavy (non-hydrogen) atoms. The van der Waals surface area contributed by atoms with Gasteiger partial charge in [0, 0.05) is 6.42 Å². The van der Waals surface area contributed by atoms with Gasteiger partial charge in [-0.25, -0.2) is 0 Å². The number of anilines is 2. The van der Waals surface area contributed by atoms with Gasteiger partial charge in [-0.05, 0) is 49.6 Å². The predicted octanol–water partition coefficient (Wildman–Crippen LogP) is 4.06. The Morgan fingerprint density at radius 2 is 1.56 bits per heavy atom. The molecule has 0 fully saturated rings. The van der Waals surface area contributed by atoms with E-state index in [9.17, 15) is 9.59 Å². The molecule has 0 bridgehead atoms. The zero-order valence-electron chi connectivity index (χ0n) is 14.9. The highest BCUT2D eigenvalue weighted by atomic mass is 16.5. The first-order valence-corrected chi connectivity index (χ1v) is 8.39. The monoisotopic (exact) mass is 340 g/mol. The average molecular weight is 340 g/mol. The van der Waals surface area contributed by atoms with Crippen LogP contribution >= 0.6 is 0 Å². The highest BCUT2D eigenvalue weighted by molar-refractivity contribution is 5.99. The summed E-state index contributed by atoms with van der Waals surface area (Å²) in [6.07, 6.45) is 1.21. The molecule has 0 saturated carbocycles. The number of hydrogen-bond donors (Lipinski definition) is 2. The Hall–Kier alpha value is -2.82. The van der Waals surface area contributed by atoms with E-state index in [0.29, 0.717) is 23.5 Å². The summed E-state index contributed by atoms with van der Waals surface area (Å²) < 4.78 is 5.61. The molecule has 2 N–H and O–H groups in total. The van der Waals surface area contributed by atoms with E-state index >= 15 is 0 Å². The number of hydrogen-bond acceptors (Lipinski definition) is 3. The van der Waals surface area contributed by atoms with Crippen LogP contribution < -0.4 is 15.4 Å². The minimum Gasteiger partial charge on any atom is -0.483 e. The number of aryl methyl sites for hydroxylation is 1. The summed E-state index contributed by atoms with van der Waals surface area (Å²) in [7, 11) is 0. The molecule has 0 unspecified atom stereocenters. The Kier molecular flexibility index (Phi) is 6.57. The van der Waals surface area contributed by atoms with Crippen molar-refractivity contribution in [3.63, 3.8) is 0 Å². The lowest BCUT2D eigenvalue weighted by atomic mass is 10.1. The van der Waals surface area contributed by atoms with Crippen LogP contribution in [0.3, 0.4) is 0 Å². The van der Waals surface area contributed by atoms with Gasteiger partial charge in [0.25, 0.3) is 5.91 Å². The van der Waals surface area contributed by atoms with E-state index in [0.717, 1.165) is 17.5 Å². The van der Waals surface area contributed by atoms with Crippen LogP contribution in [0.5, 0.6) is 5.75 Å². The van der Waals surface area contributed by atoms with Crippen molar-refractivity contribution in [2.24, 2.45) is 0 Å². The van der Waals surface area contributed by atoms with E-state index in [1.54, 1.807) is 18.2 Å². The van der Waals surface area contributed by atoms with Gasteiger partial charge in [-0.1, -0.05) is 31.2 Å². The number of nitrogens with one attached hydrogen (secondary N) is 2. The molecule has 2 rings (SSSR count). The summed E-state index contributed by atoms with van der Waals surface area (Å²) in [5.41, 5.74) is 3.27. The van der Waals surface area contributed by atoms with Crippen LogP contribution in [0.25, 0.3) is 0 Å². The fourth-order valence-corrected chi connectivity index (χ4v) is 2.35. The Balaban J connectivity index is 1.98. The van der Waals surface area contributed by atoms with Crippen molar-refractivity contribution in [1.29, 1.82) is 0 Å². The van der Waals surface area contributed by atoms with Gasteiger partial charge in [0.2, 0.25) is 5.91 Å². The van der Waals surface area contributed by atoms with Crippen LogP contribution in [0.4, 0.5) is 11.4 Å². The first-order valence-electron chi connectivity index (χ1n) is 8.39. The molecule has 0 atom stereocenters. The molecule has 0 aliphatic heterocycles. The first-order chi connectivity index (χ1) is 12.0. The fourth-order valence-electron chi connectivity index (χ4n) is 2.35. The molecule has 5 nitrogen and oxygen atoms in total. The second-order valence-electron chi connectivity index (χ2n) is 5.88. The Bertz CT molecular complexity index is 756. The second kappa shape index (κ2) is 8.87. The Morgan fingerprint density at radius 1 is 0.920 bits per heavy atom. The molecule has 2 aromatic rings. The molecule has 0 spiro atoms. The van der Waals surface area contributed by atoms with Crippen LogP contribution in [0.1, 0.15) is 30.9 Å². The van der Waals surface area contributed by atoms with Crippen LogP contribution in [0, 0.1) is 13.8 Å². The van der Waals surface area contributed by atoms with Gasteiger partial charge in [-0.15, -0.1) is 0 Å². The summed E-state index contributed by atoms with van der Waals surface area (Å²) >= 11 is 0. The number of carbonyl (C=O) groups excluding carboxylic acids is 2.